The van der Waals surface area contributed by atoms with E-state index in [9.17, 15) is 29.1 Å². The Labute approximate surface area is 831 Å². The average Bonchev–Trinajstić information content (AvgIpc) is 0.835. The minimum Gasteiger partial charge on any atom is -0.462 e. The third-order valence-electron chi connectivity index (χ3n) is 26.9. The first-order valence-corrected chi connectivity index (χ1v) is 51.6. The highest BCUT2D eigenvalue weighted by Crippen LogP contribution is 2.41. The van der Waals surface area contributed by atoms with Crippen molar-refractivity contribution < 1.29 is 52.8 Å². The summed E-state index contributed by atoms with van der Waals surface area (Å²) in [5.41, 5.74) is 19.9. The van der Waals surface area contributed by atoms with E-state index in [4.69, 9.17) is 23.7 Å². The highest BCUT2D eigenvalue weighted by Gasteiger charge is 2.31. The molecule has 0 amide bonds. The van der Waals surface area contributed by atoms with Crippen molar-refractivity contribution in [2.45, 2.75) is 279 Å². The summed E-state index contributed by atoms with van der Waals surface area (Å²) in [6.45, 7) is 21.4. The number of aromatic nitrogens is 2. The summed E-state index contributed by atoms with van der Waals surface area (Å²) in [5.74, 6) is 0.0952. The van der Waals surface area contributed by atoms with E-state index >= 15 is 0 Å². The number of hydrogen-bond acceptors (Lipinski definition) is 22. The lowest BCUT2D eigenvalue weighted by Gasteiger charge is -2.37. The number of pyridine rings is 2. The maximum Gasteiger partial charge on any atom is 0.338 e. The average molecular weight is 1900 g/mol. The normalized spacial score (nSPS) is 15.6. The minimum absolute atomic E-state index is 0.0564. The van der Waals surface area contributed by atoms with Crippen LogP contribution in [0.3, 0.4) is 0 Å². The molecule has 5 aliphatic rings. The fourth-order valence-electron chi connectivity index (χ4n) is 19.0. The predicted molar refractivity (Wildman–Crippen MR) is 570 cm³/mol. The second-order valence-electron chi connectivity index (χ2n) is 38.3. The molecule has 11 aromatic rings. The van der Waals surface area contributed by atoms with Crippen molar-refractivity contribution in [1.29, 1.82) is 0 Å². The molecule has 5 fully saturated rings. The molecule has 2 heterocycles. The van der Waals surface area contributed by atoms with Gasteiger partial charge in [0.15, 0.2) is 0 Å². The Kier molecular flexibility index (Phi) is 43.1. The molecule has 0 aliphatic heterocycles. The summed E-state index contributed by atoms with van der Waals surface area (Å²) in [5, 5.41) is 43.9. The van der Waals surface area contributed by atoms with Gasteiger partial charge >= 0.3 is 29.8 Å². The lowest BCUT2D eigenvalue weighted by Crippen LogP contribution is -2.31. The van der Waals surface area contributed by atoms with Gasteiger partial charge in [0.05, 0.1) is 125 Å². The van der Waals surface area contributed by atoms with E-state index in [1.54, 1.807) is 12.4 Å². The molecule has 22 nitrogen and oxygen atoms in total. The van der Waals surface area contributed by atoms with Crippen LogP contribution in [0.25, 0.3) is 10.8 Å². The standard InChI is InChI=1S/C26H30N2O2.C26H36N2O2.C24H31NO3.2C21H27N3O2/c1-2-30-26(29)22-14-15-24(28-23-10-4-3-5-11-23)25(17-22)27-18-19-12-13-20-8-6-7-9-21(20)16-19;1-5-30-25(29)20-11-16-23(24(17-20)27-18-19-9-7-6-8-10-19)28-22-14-12-21(13-15-22)26(2,3)4;1-2-28-24(27)22-13-12-21(14-18-6-4-3-5-7-18)23(15-22)25-16-19-8-10-20(17-26)11-9-19;1-2-26-21(25)17-10-11-19(24-18-8-4-3-5-9-18)20(13-17)23-15-16-7-6-12-22-14-16;1-2-26-21(25)16-11-12-19(24-17-8-4-3-5-9-17)20(14-16)23-15-18-10-6-7-13-22-18/h6-9,12-17,23,27-28H,2-5,10-11,18H2,1H3;6-11,16-17,21-22,27-28H,5,12-15,18H2,1-4H3;8-13,15,18,25-26H,2-7,14,16-17H2,1H3;6-7,10-14,18,23-24H,2-5,8-9,15H2,1H3;6-7,10-14,17,23-24H,2-5,8-9,15H2,1H3. The van der Waals surface area contributed by atoms with Crippen molar-refractivity contribution in [1.82, 2.24) is 9.97 Å². The third kappa shape index (κ3) is 34.5. The van der Waals surface area contributed by atoms with E-state index in [0.29, 0.717) is 123 Å². The molecule has 0 bridgehead atoms. The molecular weight excluding hydrogens is 1750 g/mol. The maximum absolute atomic E-state index is 12.2. The van der Waals surface area contributed by atoms with Crippen LogP contribution in [0.15, 0.2) is 237 Å². The molecule has 22 heteroatoms. The molecule has 0 saturated heterocycles. The zero-order valence-corrected chi connectivity index (χ0v) is 83.9. The topological polar surface area (TPSA) is 286 Å². The Hall–Kier alpha value is -13.0. The van der Waals surface area contributed by atoms with Gasteiger partial charge in [-0.2, -0.15) is 0 Å². The van der Waals surface area contributed by atoms with Gasteiger partial charge in [0, 0.05) is 74.6 Å². The highest BCUT2D eigenvalue weighted by molar-refractivity contribution is 5.95. The number of rotatable bonds is 36. The van der Waals surface area contributed by atoms with Crippen LogP contribution in [0.1, 0.15) is 300 Å². The fraction of sp³-hybridized carbons (Fsp3) is 0.432. The summed E-state index contributed by atoms with van der Waals surface area (Å²) in [6.07, 6.45) is 36.7. The number of fused-ring (bicyclic) bond motifs is 1. The SMILES string of the molecule is CCOC(=O)c1ccc(CC2CCCCC2)c(NCc2ccc(CO)cc2)c1.CCOC(=O)c1ccc(NC2CCC(C(C)(C)C)CC2)c(NCc2ccccc2)c1.CCOC(=O)c1ccc(NC2CCCCC2)c(NCc2ccc3ccccc3c2)c1.CCOC(=O)c1ccc(NC2CCCCC2)c(NCc2ccccn2)c1.CCOC(=O)c1ccc(NC2CCCCC2)c(NCc2cccnc2)c1. The van der Waals surface area contributed by atoms with Crippen LogP contribution in [-0.2, 0) is 69.4 Å². The van der Waals surface area contributed by atoms with E-state index < -0.39 is 0 Å². The van der Waals surface area contributed by atoms with E-state index in [1.807, 2.05) is 199 Å². The number of esters is 5. The molecule has 5 aliphatic carbocycles. The van der Waals surface area contributed by atoms with Gasteiger partial charge in [0.2, 0.25) is 0 Å². The first-order chi connectivity index (χ1) is 68.3. The van der Waals surface area contributed by atoms with Gasteiger partial charge in [-0.05, 0) is 276 Å². The van der Waals surface area contributed by atoms with Gasteiger partial charge in [0.1, 0.15) is 0 Å². The number of benzene rings is 9. The zero-order valence-electron chi connectivity index (χ0n) is 83.9. The van der Waals surface area contributed by atoms with Crippen LogP contribution in [0.2, 0.25) is 0 Å². The molecule has 0 unspecified atom stereocenters. The number of ether oxygens (including phenoxy) is 5. The largest absolute Gasteiger partial charge is 0.462 e. The predicted octanol–water partition coefficient (Wildman–Crippen LogP) is 27.2. The summed E-state index contributed by atoms with van der Waals surface area (Å²) >= 11 is 0. The molecule has 2 aromatic heterocycles. The zero-order chi connectivity index (χ0) is 98.5. The Morgan fingerprint density at radius 3 is 1.09 bits per heavy atom. The van der Waals surface area contributed by atoms with Gasteiger partial charge in [0.25, 0.3) is 0 Å². The van der Waals surface area contributed by atoms with Crippen molar-refractivity contribution in [2.75, 3.05) is 80.9 Å². The quantitative estimate of drug-likeness (QED) is 0.0129. The molecule has 9 aromatic carbocycles. The summed E-state index contributed by atoms with van der Waals surface area (Å²) < 4.78 is 25.8. The number of aliphatic hydroxyl groups is 1. The first-order valence-electron chi connectivity index (χ1n) is 51.6. The van der Waals surface area contributed by atoms with Crippen LogP contribution in [-0.4, -0.2) is 102 Å². The van der Waals surface area contributed by atoms with E-state index in [1.165, 1.54) is 182 Å². The first kappa shape index (κ1) is 106. The molecular formula is C118H151N11O11. The van der Waals surface area contributed by atoms with E-state index in [0.717, 1.165) is 91.8 Å². The van der Waals surface area contributed by atoms with Crippen molar-refractivity contribution in [3.63, 3.8) is 0 Å². The van der Waals surface area contributed by atoms with Gasteiger partial charge in [-0.15, -0.1) is 0 Å². The van der Waals surface area contributed by atoms with Crippen molar-refractivity contribution >= 4 is 91.8 Å². The lowest BCUT2D eigenvalue weighted by atomic mass is 9.71. The summed E-state index contributed by atoms with van der Waals surface area (Å²) in [7, 11) is 0. The highest BCUT2D eigenvalue weighted by atomic mass is 16.5. The lowest BCUT2D eigenvalue weighted by molar-refractivity contribution is 0.0517. The monoisotopic (exact) mass is 1900 g/mol. The number of nitrogens with zero attached hydrogens (tertiary/aromatic N) is 2. The number of carbonyl (C=O) groups is 5. The van der Waals surface area contributed by atoms with E-state index in [2.05, 4.69) is 139 Å². The van der Waals surface area contributed by atoms with Crippen LogP contribution in [0.5, 0.6) is 0 Å². The Bertz CT molecular complexity index is 5490. The minimum atomic E-state index is -0.294. The van der Waals surface area contributed by atoms with Crippen molar-refractivity contribution in [3.05, 3.63) is 304 Å². The van der Waals surface area contributed by atoms with Crippen LogP contribution in [0.4, 0.5) is 51.2 Å². The molecule has 0 atom stereocenters. The smallest absolute Gasteiger partial charge is 0.338 e. The Morgan fingerprint density at radius 1 is 0.314 bits per heavy atom. The molecule has 16 rings (SSSR count). The van der Waals surface area contributed by atoms with Crippen LogP contribution in [0, 0.1) is 17.3 Å². The number of aliphatic hydroxyl groups excluding tert-OH is 1. The number of nitrogens with one attached hydrogen (secondary N) is 9. The van der Waals surface area contributed by atoms with Gasteiger partial charge in [-0.3, -0.25) is 9.97 Å². The number of carbonyl (C=O) groups excluding carboxylic acids is 5. The molecule has 140 heavy (non-hydrogen) atoms. The van der Waals surface area contributed by atoms with Gasteiger partial charge in [-0.1, -0.05) is 220 Å². The van der Waals surface area contributed by atoms with Crippen molar-refractivity contribution in [2.24, 2.45) is 17.3 Å². The molecule has 5 saturated carbocycles. The van der Waals surface area contributed by atoms with Gasteiger partial charge < -0.3 is 76.6 Å². The summed E-state index contributed by atoms with van der Waals surface area (Å²) in [6, 6.07) is 73.7. The maximum atomic E-state index is 12.2. The second kappa shape index (κ2) is 56.9. The molecule has 10 N–H and O–H groups in total. The van der Waals surface area contributed by atoms with Crippen molar-refractivity contribution in [3.8, 4) is 0 Å². The fourth-order valence-corrected chi connectivity index (χ4v) is 19.0. The molecule has 0 spiro atoms. The van der Waals surface area contributed by atoms with Crippen LogP contribution < -0.4 is 47.9 Å². The van der Waals surface area contributed by atoms with E-state index in [-0.39, 0.29) is 36.5 Å². The second-order valence-corrected chi connectivity index (χ2v) is 38.3. The Morgan fingerprint density at radius 2 is 0.671 bits per heavy atom. The summed E-state index contributed by atoms with van der Waals surface area (Å²) in [4.78, 5) is 69.3. The Balaban J connectivity index is 0.000000157. The third-order valence-corrected chi connectivity index (χ3v) is 26.9. The van der Waals surface area contributed by atoms with Gasteiger partial charge in [-0.25, -0.2) is 24.0 Å². The van der Waals surface area contributed by atoms with Crippen LogP contribution >= 0.6 is 0 Å². The number of anilines is 9. The number of hydrogen-bond donors (Lipinski definition) is 10. The molecule has 0 radical (unpaired) electrons. The molecule has 744 valence electrons.